The van der Waals surface area contributed by atoms with Gasteiger partial charge in [-0.1, -0.05) is 49.6 Å². The number of hydrogen-bond acceptors (Lipinski definition) is 5. The van der Waals surface area contributed by atoms with E-state index in [0.29, 0.717) is 13.0 Å². The SMILES string of the molecule is COc1ccccc1C(CNC(=O)Cc1cccc(OC(C)C)c1)N1CCN(C2CCCCC2)CC1. The molecular weight excluding hydrogens is 450 g/mol. The number of ether oxygens (including phenoxy) is 2. The molecule has 2 aromatic carbocycles. The van der Waals surface area contributed by atoms with Gasteiger partial charge >= 0.3 is 0 Å². The summed E-state index contributed by atoms with van der Waals surface area (Å²) in [5.74, 6) is 1.71. The van der Waals surface area contributed by atoms with Crippen LogP contribution in [0.15, 0.2) is 48.5 Å². The van der Waals surface area contributed by atoms with Crippen molar-refractivity contribution >= 4 is 5.91 Å². The first-order valence-electron chi connectivity index (χ1n) is 13.7. The molecule has 4 rings (SSSR count). The molecule has 1 heterocycles. The molecule has 0 bridgehead atoms. The molecule has 1 saturated carbocycles. The lowest BCUT2D eigenvalue weighted by Crippen LogP contribution is -2.53. The summed E-state index contributed by atoms with van der Waals surface area (Å²) >= 11 is 0. The van der Waals surface area contributed by atoms with Crippen LogP contribution in [0.3, 0.4) is 0 Å². The maximum absolute atomic E-state index is 13.0. The lowest BCUT2D eigenvalue weighted by molar-refractivity contribution is -0.120. The molecule has 1 aliphatic carbocycles. The minimum Gasteiger partial charge on any atom is -0.496 e. The minimum atomic E-state index is 0.0254. The Hall–Kier alpha value is -2.57. The van der Waals surface area contributed by atoms with Crippen LogP contribution >= 0.6 is 0 Å². The summed E-state index contributed by atoms with van der Waals surface area (Å²) in [5.41, 5.74) is 2.10. The molecule has 2 aromatic rings. The van der Waals surface area contributed by atoms with Crippen LogP contribution in [-0.2, 0) is 11.2 Å². The Labute approximate surface area is 217 Å². The van der Waals surface area contributed by atoms with Crippen LogP contribution in [0.4, 0.5) is 0 Å². The lowest BCUT2D eigenvalue weighted by Gasteiger charge is -2.43. The van der Waals surface area contributed by atoms with Gasteiger partial charge in [-0.15, -0.1) is 0 Å². The Morgan fingerprint density at radius 1 is 1.00 bits per heavy atom. The zero-order chi connectivity index (χ0) is 25.3. The molecule has 2 aliphatic rings. The summed E-state index contributed by atoms with van der Waals surface area (Å²) in [7, 11) is 1.72. The second kappa shape index (κ2) is 13.1. The summed E-state index contributed by atoms with van der Waals surface area (Å²) < 4.78 is 11.5. The van der Waals surface area contributed by atoms with Crippen molar-refractivity contribution in [1.82, 2.24) is 15.1 Å². The van der Waals surface area contributed by atoms with E-state index in [1.807, 2.05) is 50.2 Å². The van der Waals surface area contributed by atoms with Crippen molar-refractivity contribution in [3.8, 4) is 11.5 Å². The number of carbonyl (C=O) groups excluding carboxylic acids is 1. The Kier molecular flexibility index (Phi) is 9.65. The monoisotopic (exact) mass is 493 g/mol. The zero-order valence-electron chi connectivity index (χ0n) is 22.2. The maximum Gasteiger partial charge on any atom is 0.224 e. The van der Waals surface area contributed by atoms with Gasteiger partial charge < -0.3 is 14.8 Å². The molecule has 6 nitrogen and oxygen atoms in total. The predicted molar refractivity (Wildman–Crippen MR) is 145 cm³/mol. The third-order valence-corrected chi connectivity index (χ3v) is 7.51. The van der Waals surface area contributed by atoms with Crippen LogP contribution in [0.5, 0.6) is 11.5 Å². The van der Waals surface area contributed by atoms with E-state index in [2.05, 4.69) is 27.2 Å². The first-order chi connectivity index (χ1) is 17.5. The molecule has 0 spiro atoms. The smallest absolute Gasteiger partial charge is 0.224 e. The Morgan fingerprint density at radius 2 is 1.75 bits per heavy atom. The second-order valence-electron chi connectivity index (χ2n) is 10.4. The first kappa shape index (κ1) is 26.5. The number of para-hydroxylation sites is 1. The summed E-state index contributed by atoms with van der Waals surface area (Å²) in [6.07, 6.45) is 7.25. The van der Waals surface area contributed by atoms with Gasteiger partial charge in [0.1, 0.15) is 11.5 Å². The average molecular weight is 494 g/mol. The van der Waals surface area contributed by atoms with Gasteiger partial charge in [0.25, 0.3) is 0 Å². The van der Waals surface area contributed by atoms with Gasteiger partial charge in [-0.3, -0.25) is 14.6 Å². The topological polar surface area (TPSA) is 54.0 Å². The average Bonchev–Trinajstić information content (AvgIpc) is 2.90. The summed E-state index contributed by atoms with van der Waals surface area (Å²) in [6, 6.07) is 16.9. The van der Waals surface area contributed by atoms with Crippen LogP contribution in [-0.4, -0.2) is 67.7 Å². The molecule has 2 fully saturated rings. The number of rotatable bonds is 10. The Bertz CT molecular complexity index is 965. The third-order valence-electron chi connectivity index (χ3n) is 7.51. The number of piperazine rings is 1. The predicted octanol–water partition coefficient (Wildman–Crippen LogP) is 4.83. The Balaban J connectivity index is 1.40. The molecule has 1 unspecified atom stereocenters. The van der Waals surface area contributed by atoms with Gasteiger partial charge in [0, 0.05) is 44.3 Å². The van der Waals surface area contributed by atoms with E-state index in [-0.39, 0.29) is 18.1 Å². The summed E-state index contributed by atoms with van der Waals surface area (Å²) in [5, 5.41) is 3.22. The zero-order valence-corrected chi connectivity index (χ0v) is 22.2. The fourth-order valence-corrected chi connectivity index (χ4v) is 5.70. The van der Waals surface area contributed by atoms with Crippen LogP contribution in [0.25, 0.3) is 0 Å². The molecular formula is C30H43N3O3. The van der Waals surface area contributed by atoms with Crippen LogP contribution < -0.4 is 14.8 Å². The molecule has 0 radical (unpaired) electrons. The van der Waals surface area contributed by atoms with Gasteiger partial charge in [0.05, 0.1) is 25.7 Å². The van der Waals surface area contributed by atoms with E-state index in [9.17, 15) is 4.79 Å². The molecule has 196 valence electrons. The van der Waals surface area contributed by atoms with Crippen molar-refractivity contribution in [2.24, 2.45) is 0 Å². The number of benzene rings is 2. The van der Waals surface area contributed by atoms with Crippen molar-refractivity contribution in [2.75, 3.05) is 39.8 Å². The van der Waals surface area contributed by atoms with Crippen molar-refractivity contribution in [2.45, 2.75) is 70.6 Å². The maximum atomic E-state index is 13.0. The summed E-state index contributed by atoms with van der Waals surface area (Å²) in [6.45, 7) is 8.76. The second-order valence-corrected chi connectivity index (χ2v) is 10.4. The molecule has 1 saturated heterocycles. The van der Waals surface area contributed by atoms with Crippen molar-refractivity contribution in [3.63, 3.8) is 0 Å². The van der Waals surface area contributed by atoms with Gasteiger partial charge in [-0.2, -0.15) is 0 Å². The lowest BCUT2D eigenvalue weighted by atomic mass is 9.93. The van der Waals surface area contributed by atoms with E-state index >= 15 is 0 Å². The van der Waals surface area contributed by atoms with E-state index in [4.69, 9.17) is 9.47 Å². The molecule has 0 aromatic heterocycles. The number of methoxy groups -OCH3 is 1. The largest absolute Gasteiger partial charge is 0.496 e. The molecule has 36 heavy (non-hydrogen) atoms. The van der Waals surface area contributed by atoms with E-state index in [0.717, 1.165) is 54.8 Å². The number of amides is 1. The number of hydrogen-bond donors (Lipinski definition) is 1. The molecule has 6 heteroatoms. The first-order valence-corrected chi connectivity index (χ1v) is 13.7. The van der Waals surface area contributed by atoms with E-state index < -0.39 is 0 Å². The normalized spacial score (nSPS) is 18.7. The highest BCUT2D eigenvalue weighted by Gasteiger charge is 2.30. The van der Waals surface area contributed by atoms with Crippen LogP contribution in [0.1, 0.15) is 63.1 Å². The number of nitrogens with zero attached hydrogens (tertiary/aromatic N) is 2. The molecule has 1 aliphatic heterocycles. The highest BCUT2D eigenvalue weighted by atomic mass is 16.5. The fraction of sp³-hybridized carbons (Fsp3) is 0.567. The van der Waals surface area contributed by atoms with Gasteiger partial charge in [-0.25, -0.2) is 0 Å². The standard InChI is InChI=1S/C30H43N3O3/c1-23(2)36-26-13-9-10-24(20-26)21-30(34)31-22-28(27-14-7-8-15-29(27)35-3)33-18-16-32(17-19-33)25-11-5-4-6-12-25/h7-10,13-15,20,23,25,28H,4-6,11-12,16-19,21-22H2,1-3H3,(H,31,34). The molecule has 1 N–H and O–H groups in total. The van der Waals surface area contributed by atoms with Gasteiger partial charge in [-0.05, 0) is 50.5 Å². The fourth-order valence-electron chi connectivity index (χ4n) is 5.70. The van der Waals surface area contributed by atoms with Crippen LogP contribution in [0.2, 0.25) is 0 Å². The Morgan fingerprint density at radius 3 is 2.47 bits per heavy atom. The highest BCUT2D eigenvalue weighted by Crippen LogP contribution is 2.31. The summed E-state index contributed by atoms with van der Waals surface area (Å²) in [4.78, 5) is 18.2. The molecule has 1 amide bonds. The minimum absolute atomic E-state index is 0.0254. The van der Waals surface area contributed by atoms with Crippen molar-refractivity contribution in [3.05, 3.63) is 59.7 Å². The van der Waals surface area contributed by atoms with E-state index in [1.165, 1.54) is 32.1 Å². The van der Waals surface area contributed by atoms with Crippen molar-refractivity contribution in [1.29, 1.82) is 0 Å². The van der Waals surface area contributed by atoms with Gasteiger partial charge in [0.2, 0.25) is 5.91 Å². The van der Waals surface area contributed by atoms with E-state index in [1.54, 1.807) is 7.11 Å². The molecule has 1 atom stereocenters. The van der Waals surface area contributed by atoms with Crippen LogP contribution in [0, 0.1) is 0 Å². The highest BCUT2D eigenvalue weighted by molar-refractivity contribution is 5.78. The number of nitrogens with one attached hydrogen (secondary N) is 1. The van der Waals surface area contributed by atoms with Crippen molar-refractivity contribution < 1.29 is 14.3 Å². The number of carbonyl (C=O) groups is 1. The third kappa shape index (κ3) is 7.23. The quantitative estimate of drug-likeness (QED) is 0.514. The van der Waals surface area contributed by atoms with Gasteiger partial charge in [0.15, 0.2) is 0 Å².